The number of carbonyl (C=O) groups is 2. The van der Waals surface area contributed by atoms with Crippen molar-refractivity contribution in [3.8, 4) is 6.07 Å². The number of rotatable bonds is 3. The number of aliphatic carboxylic acids is 2. The first-order valence-electron chi connectivity index (χ1n) is 4.12. The number of hydrogen-bond acceptors (Lipinski definition) is 3. The van der Waals surface area contributed by atoms with Crippen molar-refractivity contribution < 1.29 is 19.8 Å². The molecular formula is C10H6BrNO4. The van der Waals surface area contributed by atoms with Gasteiger partial charge < -0.3 is 10.2 Å². The van der Waals surface area contributed by atoms with Crippen molar-refractivity contribution in [2.24, 2.45) is 0 Å². The molecule has 0 spiro atoms. The monoisotopic (exact) mass is 283 g/mol. The average molecular weight is 284 g/mol. The quantitative estimate of drug-likeness (QED) is 0.821. The normalized spacial score (nSPS) is 9.81. The Morgan fingerprint density at radius 2 is 1.88 bits per heavy atom. The topological polar surface area (TPSA) is 98.4 Å². The lowest BCUT2D eigenvalue weighted by Crippen LogP contribution is -2.21. The molecule has 82 valence electrons. The van der Waals surface area contributed by atoms with Crippen LogP contribution in [0, 0.1) is 11.3 Å². The second-order valence-corrected chi connectivity index (χ2v) is 3.81. The molecule has 16 heavy (non-hydrogen) atoms. The standard InChI is InChI=1S/C10H6BrNO4/c11-7-3-5(1-2-6(7)4-12)8(9(13)14)10(15)16/h1-3,8H,(H,13,14)(H,15,16). The van der Waals surface area contributed by atoms with E-state index in [2.05, 4.69) is 15.9 Å². The maximum absolute atomic E-state index is 10.7. The Labute approximate surface area is 99.1 Å². The molecule has 0 saturated heterocycles. The second kappa shape index (κ2) is 4.77. The molecule has 0 radical (unpaired) electrons. The zero-order valence-electron chi connectivity index (χ0n) is 7.85. The maximum atomic E-state index is 10.7. The van der Waals surface area contributed by atoms with Crippen molar-refractivity contribution in [1.29, 1.82) is 5.26 Å². The first-order valence-corrected chi connectivity index (χ1v) is 4.92. The molecule has 0 fully saturated rings. The zero-order chi connectivity index (χ0) is 12.3. The molecule has 0 unspecified atom stereocenters. The minimum absolute atomic E-state index is 0.117. The molecule has 1 aromatic carbocycles. The van der Waals surface area contributed by atoms with Gasteiger partial charge in [0.05, 0.1) is 5.56 Å². The van der Waals surface area contributed by atoms with Crippen LogP contribution < -0.4 is 0 Å². The van der Waals surface area contributed by atoms with Crippen molar-refractivity contribution in [1.82, 2.24) is 0 Å². The van der Waals surface area contributed by atoms with E-state index >= 15 is 0 Å². The Morgan fingerprint density at radius 3 is 2.25 bits per heavy atom. The van der Waals surface area contributed by atoms with Crippen molar-refractivity contribution in [2.45, 2.75) is 5.92 Å². The van der Waals surface area contributed by atoms with Crippen LogP contribution in [0.2, 0.25) is 0 Å². The van der Waals surface area contributed by atoms with Gasteiger partial charge in [-0.1, -0.05) is 6.07 Å². The SMILES string of the molecule is N#Cc1ccc(C(C(=O)O)C(=O)O)cc1Br. The van der Waals surface area contributed by atoms with Crippen LogP contribution in [0.4, 0.5) is 0 Å². The first-order chi connectivity index (χ1) is 7.47. The Kier molecular flexibility index (Phi) is 3.64. The second-order valence-electron chi connectivity index (χ2n) is 2.96. The van der Waals surface area contributed by atoms with Gasteiger partial charge in [-0.15, -0.1) is 0 Å². The molecule has 0 aliphatic heterocycles. The number of nitrogens with zero attached hydrogens (tertiary/aromatic N) is 1. The fourth-order valence-corrected chi connectivity index (χ4v) is 1.68. The van der Waals surface area contributed by atoms with E-state index in [4.69, 9.17) is 15.5 Å². The third-order valence-electron chi connectivity index (χ3n) is 1.94. The Balaban J connectivity index is 3.23. The molecule has 0 bridgehead atoms. The third kappa shape index (κ3) is 2.38. The molecule has 0 aliphatic rings. The van der Waals surface area contributed by atoms with Crippen molar-refractivity contribution >= 4 is 27.9 Å². The van der Waals surface area contributed by atoms with E-state index < -0.39 is 17.9 Å². The van der Waals surface area contributed by atoms with Gasteiger partial charge in [0.25, 0.3) is 0 Å². The zero-order valence-corrected chi connectivity index (χ0v) is 9.43. The fraction of sp³-hybridized carbons (Fsp3) is 0.100. The van der Waals surface area contributed by atoms with Crippen LogP contribution in [0.3, 0.4) is 0 Å². The van der Waals surface area contributed by atoms with Gasteiger partial charge in [0.1, 0.15) is 6.07 Å². The van der Waals surface area contributed by atoms with E-state index in [1.54, 1.807) is 0 Å². The van der Waals surface area contributed by atoms with Crippen LogP contribution in [0.5, 0.6) is 0 Å². The summed E-state index contributed by atoms with van der Waals surface area (Å²) in [6.45, 7) is 0. The highest BCUT2D eigenvalue weighted by atomic mass is 79.9. The number of nitriles is 1. The lowest BCUT2D eigenvalue weighted by Gasteiger charge is -2.08. The van der Waals surface area contributed by atoms with Crippen LogP contribution in [-0.4, -0.2) is 22.2 Å². The highest BCUT2D eigenvalue weighted by molar-refractivity contribution is 9.10. The van der Waals surface area contributed by atoms with E-state index in [-0.39, 0.29) is 5.56 Å². The van der Waals surface area contributed by atoms with E-state index in [1.807, 2.05) is 6.07 Å². The van der Waals surface area contributed by atoms with Crippen molar-refractivity contribution in [3.63, 3.8) is 0 Å². The summed E-state index contributed by atoms with van der Waals surface area (Å²) in [6, 6.07) is 5.89. The van der Waals surface area contributed by atoms with Gasteiger partial charge >= 0.3 is 11.9 Å². The maximum Gasteiger partial charge on any atom is 0.322 e. The highest BCUT2D eigenvalue weighted by Crippen LogP contribution is 2.23. The Bertz CT molecular complexity index is 478. The number of halogens is 1. The predicted molar refractivity (Wildman–Crippen MR) is 56.9 cm³/mol. The Morgan fingerprint density at radius 1 is 1.31 bits per heavy atom. The molecule has 5 nitrogen and oxygen atoms in total. The van der Waals surface area contributed by atoms with Gasteiger partial charge in [0.15, 0.2) is 5.92 Å². The Hall–Kier alpha value is -1.87. The van der Waals surface area contributed by atoms with Crippen LogP contribution in [0.15, 0.2) is 22.7 Å². The van der Waals surface area contributed by atoms with Crippen molar-refractivity contribution in [2.75, 3.05) is 0 Å². The van der Waals surface area contributed by atoms with E-state index in [9.17, 15) is 9.59 Å². The van der Waals surface area contributed by atoms with E-state index in [1.165, 1.54) is 18.2 Å². The minimum Gasteiger partial charge on any atom is -0.480 e. The van der Waals surface area contributed by atoms with Gasteiger partial charge in [0.2, 0.25) is 0 Å². The van der Waals surface area contributed by atoms with E-state index in [0.717, 1.165) is 0 Å². The van der Waals surface area contributed by atoms with E-state index in [0.29, 0.717) is 10.0 Å². The largest absolute Gasteiger partial charge is 0.480 e. The van der Waals surface area contributed by atoms with Crippen LogP contribution in [0.1, 0.15) is 17.0 Å². The summed E-state index contributed by atoms with van der Waals surface area (Å²) in [5.74, 6) is -4.50. The van der Waals surface area contributed by atoms with Crippen LogP contribution in [0.25, 0.3) is 0 Å². The number of carboxylic acids is 2. The minimum atomic E-state index is -1.62. The summed E-state index contributed by atoms with van der Waals surface area (Å²) in [6.07, 6.45) is 0. The highest BCUT2D eigenvalue weighted by Gasteiger charge is 2.28. The molecule has 0 aliphatic carbocycles. The van der Waals surface area contributed by atoms with Gasteiger partial charge in [-0.3, -0.25) is 9.59 Å². The summed E-state index contributed by atoms with van der Waals surface area (Å²) in [7, 11) is 0. The first kappa shape index (κ1) is 12.2. The van der Waals surface area contributed by atoms with Crippen LogP contribution in [-0.2, 0) is 9.59 Å². The van der Waals surface area contributed by atoms with Crippen molar-refractivity contribution in [3.05, 3.63) is 33.8 Å². The third-order valence-corrected chi connectivity index (χ3v) is 2.60. The lowest BCUT2D eigenvalue weighted by atomic mass is 9.98. The number of carboxylic acid groups (broad SMARTS) is 2. The predicted octanol–water partition coefficient (Wildman–Crippen LogP) is 1.57. The molecular weight excluding hydrogens is 278 g/mol. The van der Waals surface area contributed by atoms with Gasteiger partial charge in [0, 0.05) is 4.47 Å². The number of hydrogen-bond donors (Lipinski definition) is 2. The summed E-state index contributed by atoms with van der Waals surface area (Å²) >= 11 is 3.07. The molecule has 0 atom stereocenters. The fourth-order valence-electron chi connectivity index (χ4n) is 1.19. The van der Waals surface area contributed by atoms with Gasteiger partial charge in [-0.25, -0.2) is 0 Å². The van der Waals surface area contributed by atoms with Gasteiger partial charge in [-0.2, -0.15) is 5.26 Å². The molecule has 0 aromatic heterocycles. The number of benzene rings is 1. The molecule has 0 saturated carbocycles. The summed E-state index contributed by atoms with van der Waals surface area (Å²) < 4.78 is 0.375. The molecule has 1 aromatic rings. The summed E-state index contributed by atoms with van der Waals surface area (Å²) in [5, 5.41) is 26.2. The molecule has 0 heterocycles. The molecule has 2 N–H and O–H groups in total. The van der Waals surface area contributed by atoms with Crippen LogP contribution >= 0.6 is 15.9 Å². The van der Waals surface area contributed by atoms with Gasteiger partial charge in [-0.05, 0) is 33.6 Å². The summed E-state index contributed by atoms with van der Waals surface area (Å²) in [4.78, 5) is 21.5. The smallest absolute Gasteiger partial charge is 0.322 e. The average Bonchev–Trinajstić information content (AvgIpc) is 2.16. The molecule has 6 heteroatoms. The summed E-state index contributed by atoms with van der Waals surface area (Å²) in [5.41, 5.74) is 0.434. The lowest BCUT2D eigenvalue weighted by molar-refractivity contribution is -0.150. The molecule has 1 rings (SSSR count). The molecule has 0 amide bonds.